The minimum atomic E-state index is -4.85. The van der Waals surface area contributed by atoms with Crippen LogP contribution in [0.2, 0.25) is 0 Å². The van der Waals surface area contributed by atoms with E-state index in [0.717, 1.165) is 0 Å². The number of amides is 1. The third-order valence-electron chi connectivity index (χ3n) is 5.13. The highest BCUT2D eigenvalue weighted by Crippen LogP contribution is 2.42. The lowest BCUT2D eigenvalue weighted by Crippen LogP contribution is -2.25. The number of nitrogens with zero attached hydrogens (tertiary/aromatic N) is 4. The monoisotopic (exact) mass is 455 g/mol. The molecular formula is C22H16F3N5O3. The number of aryl methyl sites for hydroxylation is 1. The molecular weight excluding hydrogens is 439 g/mol. The van der Waals surface area contributed by atoms with Crippen molar-refractivity contribution in [3.05, 3.63) is 77.6 Å². The van der Waals surface area contributed by atoms with Gasteiger partial charge in [0.2, 0.25) is 11.7 Å². The molecule has 0 bridgehead atoms. The summed E-state index contributed by atoms with van der Waals surface area (Å²) in [5.41, 5.74) is 0.226. The van der Waals surface area contributed by atoms with Crippen molar-refractivity contribution in [3.8, 4) is 0 Å². The van der Waals surface area contributed by atoms with Crippen molar-refractivity contribution >= 4 is 27.8 Å². The topological polar surface area (TPSA) is 99.0 Å². The molecule has 0 saturated heterocycles. The SMILES string of the molecule is Cc1cc2oc(C(=O)NCc3ncco3)c(C(F)(F)F)c2c2nn(Cc3ccccn3)cc12. The predicted octanol–water partition coefficient (Wildman–Crippen LogP) is 4.47. The number of carbonyl (C=O) groups excluding carboxylic acids is 1. The van der Waals surface area contributed by atoms with Gasteiger partial charge in [-0.25, -0.2) is 4.98 Å². The molecule has 4 aromatic heterocycles. The standard InChI is InChI=1S/C22H16F3N5O3/c1-12-8-15-17(19-14(12)11-30(29-19)10-13-4-2-3-5-26-13)18(22(23,24)25)20(33-15)21(31)28-9-16-27-6-7-32-16/h2-8,11H,9-10H2,1H3,(H,28,31). The van der Waals surface area contributed by atoms with Crippen molar-refractivity contribution in [1.29, 1.82) is 0 Å². The van der Waals surface area contributed by atoms with Gasteiger partial charge in [0.05, 0.1) is 30.4 Å². The van der Waals surface area contributed by atoms with Gasteiger partial charge >= 0.3 is 6.18 Å². The van der Waals surface area contributed by atoms with Gasteiger partial charge in [-0.05, 0) is 30.7 Å². The van der Waals surface area contributed by atoms with Gasteiger partial charge in [0.15, 0.2) is 0 Å². The van der Waals surface area contributed by atoms with E-state index in [-0.39, 0.29) is 35.5 Å². The normalized spacial score (nSPS) is 12.0. The number of aromatic nitrogens is 4. The van der Waals surface area contributed by atoms with Crippen LogP contribution in [0.15, 0.2) is 58.0 Å². The summed E-state index contributed by atoms with van der Waals surface area (Å²) in [6.07, 6.45) is 1.10. The molecule has 1 N–H and O–H groups in total. The van der Waals surface area contributed by atoms with Crippen LogP contribution < -0.4 is 5.32 Å². The first-order valence-electron chi connectivity index (χ1n) is 9.88. The Morgan fingerprint density at radius 2 is 2.06 bits per heavy atom. The van der Waals surface area contributed by atoms with Crippen molar-refractivity contribution in [1.82, 2.24) is 25.1 Å². The van der Waals surface area contributed by atoms with Crippen molar-refractivity contribution < 1.29 is 26.8 Å². The van der Waals surface area contributed by atoms with Gasteiger partial charge in [-0.1, -0.05) is 6.07 Å². The maximum Gasteiger partial charge on any atom is 0.421 e. The summed E-state index contributed by atoms with van der Waals surface area (Å²) < 4.78 is 54.4. The second-order valence-corrected chi connectivity index (χ2v) is 7.39. The van der Waals surface area contributed by atoms with E-state index in [0.29, 0.717) is 16.6 Å². The number of nitrogens with one attached hydrogen (secondary N) is 1. The molecule has 1 amide bonds. The average molecular weight is 455 g/mol. The number of hydrogen-bond donors (Lipinski definition) is 1. The highest BCUT2D eigenvalue weighted by atomic mass is 19.4. The molecule has 0 aliphatic heterocycles. The van der Waals surface area contributed by atoms with Gasteiger partial charge in [0, 0.05) is 17.8 Å². The average Bonchev–Trinajstić information content (AvgIpc) is 3.50. The summed E-state index contributed by atoms with van der Waals surface area (Å²) in [5, 5.41) is 7.01. The Bertz CT molecular complexity index is 1450. The molecule has 0 fully saturated rings. The molecule has 168 valence electrons. The number of furan rings is 1. The minimum absolute atomic E-state index is 0.0725. The number of halogens is 3. The first-order chi connectivity index (χ1) is 15.8. The number of hydrogen-bond acceptors (Lipinski definition) is 6. The van der Waals surface area contributed by atoms with Crippen LogP contribution in [0.1, 0.15) is 33.3 Å². The lowest BCUT2D eigenvalue weighted by atomic mass is 10.0. The third kappa shape index (κ3) is 3.81. The van der Waals surface area contributed by atoms with Crippen LogP contribution in [0.5, 0.6) is 0 Å². The molecule has 0 aliphatic rings. The quantitative estimate of drug-likeness (QED) is 0.420. The van der Waals surface area contributed by atoms with Crippen LogP contribution >= 0.6 is 0 Å². The van der Waals surface area contributed by atoms with Gasteiger partial charge in [-0.3, -0.25) is 14.5 Å². The number of carbonyl (C=O) groups is 1. The summed E-state index contributed by atoms with van der Waals surface area (Å²) in [5.74, 6) is -1.72. The molecule has 0 radical (unpaired) electrons. The summed E-state index contributed by atoms with van der Waals surface area (Å²) in [6.45, 7) is 1.83. The Balaban J connectivity index is 1.63. The molecule has 4 heterocycles. The van der Waals surface area contributed by atoms with E-state index in [1.165, 1.54) is 23.2 Å². The zero-order valence-corrected chi connectivity index (χ0v) is 17.2. The molecule has 0 atom stereocenters. The maximum absolute atomic E-state index is 14.2. The van der Waals surface area contributed by atoms with E-state index in [4.69, 9.17) is 8.83 Å². The van der Waals surface area contributed by atoms with Crippen molar-refractivity contribution in [2.24, 2.45) is 0 Å². The summed E-state index contributed by atoms with van der Waals surface area (Å²) >= 11 is 0. The van der Waals surface area contributed by atoms with Crippen molar-refractivity contribution in [2.45, 2.75) is 26.2 Å². The van der Waals surface area contributed by atoms with Gasteiger partial charge < -0.3 is 14.2 Å². The van der Waals surface area contributed by atoms with Crippen LogP contribution in [-0.4, -0.2) is 25.7 Å². The van der Waals surface area contributed by atoms with E-state index >= 15 is 0 Å². The molecule has 0 aliphatic carbocycles. The fraction of sp³-hybridized carbons (Fsp3) is 0.182. The molecule has 0 saturated carbocycles. The van der Waals surface area contributed by atoms with E-state index in [9.17, 15) is 18.0 Å². The second-order valence-electron chi connectivity index (χ2n) is 7.39. The van der Waals surface area contributed by atoms with E-state index in [1.54, 1.807) is 31.5 Å². The van der Waals surface area contributed by atoms with Crippen LogP contribution in [0, 0.1) is 6.92 Å². The maximum atomic E-state index is 14.2. The number of oxazole rings is 1. The number of benzene rings is 1. The van der Waals surface area contributed by atoms with Crippen LogP contribution in [0.3, 0.4) is 0 Å². The Morgan fingerprint density at radius 1 is 1.21 bits per heavy atom. The van der Waals surface area contributed by atoms with E-state index < -0.39 is 23.4 Å². The molecule has 33 heavy (non-hydrogen) atoms. The second kappa shape index (κ2) is 7.76. The van der Waals surface area contributed by atoms with Crippen LogP contribution in [0.4, 0.5) is 13.2 Å². The number of pyridine rings is 1. The largest absolute Gasteiger partial charge is 0.450 e. The van der Waals surface area contributed by atoms with Gasteiger partial charge in [-0.15, -0.1) is 0 Å². The molecule has 11 heteroatoms. The summed E-state index contributed by atoms with van der Waals surface area (Å²) in [4.78, 5) is 20.7. The van der Waals surface area contributed by atoms with Gasteiger partial charge in [0.25, 0.3) is 5.91 Å². The van der Waals surface area contributed by atoms with E-state index in [1.807, 2.05) is 6.07 Å². The molecule has 8 nitrogen and oxygen atoms in total. The van der Waals surface area contributed by atoms with Crippen molar-refractivity contribution in [3.63, 3.8) is 0 Å². The van der Waals surface area contributed by atoms with E-state index in [2.05, 4.69) is 20.4 Å². The zero-order chi connectivity index (χ0) is 23.2. The Labute approximate surface area is 184 Å². The Kier molecular flexibility index (Phi) is 4.88. The lowest BCUT2D eigenvalue weighted by Gasteiger charge is -2.07. The summed E-state index contributed by atoms with van der Waals surface area (Å²) in [6, 6.07) is 6.86. The molecule has 5 aromatic rings. The number of fused-ring (bicyclic) bond motifs is 3. The molecule has 0 spiro atoms. The number of rotatable bonds is 5. The lowest BCUT2D eigenvalue weighted by molar-refractivity contribution is -0.137. The van der Waals surface area contributed by atoms with Crippen LogP contribution in [0.25, 0.3) is 21.9 Å². The zero-order valence-electron chi connectivity index (χ0n) is 17.2. The summed E-state index contributed by atoms with van der Waals surface area (Å²) in [7, 11) is 0. The van der Waals surface area contributed by atoms with Gasteiger partial charge in [-0.2, -0.15) is 18.3 Å². The first-order valence-corrected chi connectivity index (χ1v) is 9.88. The molecule has 5 rings (SSSR count). The molecule has 1 aromatic carbocycles. The Morgan fingerprint density at radius 3 is 2.76 bits per heavy atom. The molecule has 0 unspecified atom stereocenters. The Hall–Kier alpha value is -4.15. The predicted molar refractivity (Wildman–Crippen MR) is 110 cm³/mol. The van der Waals surface area contributed by atoms with Gasteiger partial charge in [0.1, 0.15) is 22.9 Å². The fourth-order valence-corrected chi connectivity index (χ4v) is 3.70. The fourth-order valence-electron chi connectivity index (χ4n) is 3.70. The first kappa shape index (κ1) is 20.7. The third-order valence-corrected chi connectivity index (χ3v) is 5.13. The number of alkyl halides is 3. The smallest absolute Gasteiger partial charge is 0.421 e. The minimum Gasteiger partial charge on any atom is -0.450 e. The van der Waals surface area contributed by atoms with Crippen molar-refractivity contribution in [2.75, 3.05) is 0 Å². The highest BCUT2D eigenvalue weighted by molar-refractivity contribution is 6.10. The highest BCUT2D eigenvalue weighted by Gasteiger charge is 2.42. The van der Waals surface area contributed by atoms with Crippen LogP contribution in [-0.2, 0) is 19.3 Å².